The maximum atomic E-state index is 12.1. The number of nitrogens with zero attached hydrogens (tertiary/aromatic N) is 1. The molecule has 1 rings (SSSR count). The van der Waals surface area contributed by atoms with Gasteiger partial charge in [-0.05, 0) is 33.2 Å². The van der Waals surface area contributed by atoms with Gasteiger partial charge in [0.2, 0.25) is 0 Å². The van der Waals surface area contributed by atoms with Crippen molar-refractivity contribution in [3.05, 3.63) is 0 Å². The number of likely N-dealkylation sites (tertiary alicyclic amines) is 1. The first-order valence-electron chi connectivity index (χ1n) is 8.04. The van der Waals surface area contributed by atoms with Gasteiger partial charge in [-0.1, -0.05) is 26.7 Å². The third-order valence-electron chi connectivity index (χ3n) is 4.04. The summed E-state index contributed by atoms with van der Waals surface area (Å²) in [6.07, 6.45) is 2.12. The van der Waals surface area contributed by atoms with Crippen LogP contribution in [0.2, 0.25) is 0 Å². The Labute approximate surface area is 129 Å². The van der Waals surface area contributed by atoms with E-state index in [2.05, 4.69) is 19.2 Å². The van der Waals surface area contributed by atoms with Gasteiger partial charge in [-0.3, -0.25) is 0 Å². The van der Waals surface area contributed by atoms with E-state index < -0.39 is 5.60 Å². The van der Waals surface area contributed by atoms with E-state index in [1.165, 1.54) is 12.8 Å². The van der Waals surface area contributed by atoms with E-state index in [0.29, 0.717) is 19.0 Å². The Balaban J connectivity index is 2.53. The van der Waals surface area contributed by atoms with Gasteiger partial charge in [0, 0.05) is 13.7 Å². The second-order valence-electron chi connectivity index (χ2n) is 6.86. The van der Waals surface area contributed by atoms with Crippen molar-refractivity contribution < 1.29 is 14.3 Å². The number of amides is 1. The maximum absolute atomic E-state index is 12.1. The number of carbonyl (C=O) groups excluding carboxylic acids is 1. The van der Waals surface area contributed by atoms with Crippen LogP contribution in [0.5, 0.6) is 0 Å². The Morgan fingerprint density at radius 3 is 2.38 bits per heavy atom. The van der Waals surface area contributed by atoms with Crippen LogP contribution in [0.15, 0.2) is 0 Å². The fourth-order valence-corrected chi connectivity index (χ4v) is 2.58. The first-order chi connectivity index (χ1) is 9.80. The minimum atomic E-state index is -0.458. The molecule has 1 N–H and O–H groups in total. The number of rotatable bonds is 6. The smallest absolute Gasteiger partial charge is 0.410 e. The number of hydrogen-bond acceptors (Lipinski definition) is 4. The third-order valence-corrected chi connectivity index (χ3v) is 4.04. The van der Waals surface area contributed by atoms with E-state index in [4.69, 9.17) is 9.47 Å². The van der Waals surface area contributed by atoms with E-state index in [-0.39, 0.29) is 18.2 Å². The lowest BCUT2D eigenvalue weighted by molar-refractivity contribution is 0.0252. The number of methoxy groups -OCH3 is 1. The van der Waals surface area contributed by atoms with Crippen molar-refractivity contribution in [3.63, 3.8) is 0 Å². The molecule has 0 radical (unpaired) electrons. The molecule has 1 aliphatic rings. The minimum Gasteiger partial charge on any atom is -0.444 e. The van der Waals surface area contributed by atoms with Crippen molar-refractivity contribution in [3.8, 4) is 0 Å². The highest BCUT2D eigenvalue weighted by Gasteiger charge is 2.37. The molecule has 2 atom stereocenters. The van der Waals surface area contributed by atoms with Crippen molar-refractivity contribution in [2.75, 3.05) is 26.7 Å². The quantitative estimate of drug-likeness (QED) is 0.819. The normalized spacial score (nSPS) is 22.9. The second-order valence-corrected chi connectivity index (χ2v) is 6.86. The number of hydrogen-bond donors (Lipinski definition) is 1. The summed E-state index contributed by atoms with van der Waals surface area (Å²) in [5, 5.41) is 3.56. The van der Waals surface area contributed by atoms with Crippen molar-refractivity contribution >= 4 is 6.09 Å². The zero-order valence-electron chi connectivity index (χ0n) is 14.4. The standard InChI is InChI=1S/C16H32N2O3/c1-7-12(8-2)9-17-13-10-18(11-14(13)20-6)15(19)21-16(3,4)5/h12-14,17H,7-11H2,1-6H3/t13?,14-/m0/s1. The first kappa shape index (κ1) is 18.2. The summed E-state index contributed by atoms with van der Waals surface area (Å²) in [4.78, 5) is 13.9. The Morgan fingerprint density at radius 1 is 1.29 bits per heavy atom. The summed E-state index contributed by atoms with van der Waals surface area (Å²) in [7, 11) is 1.70. The Bertz CT molecular complexity index is 324. The van der Waals surface area contributed by atoms with Crippen LogP contribution in [0.25, 0.3) is 0 Å². The summed E-state index contributed by atoms with van der Waals surface area (Å²) >= 11 is 0. The first-order valence-corrected chi connectivity index (χ1v) is 8.04. The highest BCUT2D eigenvalue weighted by Crippen LogP contribution is 2.18. The highest BCUT2D eigenvalue weighted by molar-refractivity contribution is 5.68. The minimum absolute atomic E-state index is 0.0341. The lowest BCUT2D eigenvalue weighted by Crippen LogP contribution is -2.42. The SMILES string of the molecule is CCC(CC)CNC1CN(C(=O)OC(C)(C)C)C[C@@H]1OC. The number of carbonyl (C=O) groups is 1. The van der Waals surface area contributed by atoms with E-state index in [0.717, 1.165) is 6.54 Å². The molecule has 1 heterocycles. The molecule has 124 valence electrons. The predicted molar refractivity (Wildman–Crippen MR) is 84.5 cm³/mol. The summed E-state index contributed by atoms with van der Waals surface area (Å²) in [5.41, 5.74) is -0.458. The topological polar surface area (TPSA) is 50.8 Å². The molecule has 1 saturated heterocycles. The average Bonchev–Trinajstić information content (AvgIpc) is 2.81. The molecule has 0 aliphatic carbocycles. The zero-order valence-corrected chi connectivity index (χ0v) is 14.4. The van der Waals surface area contributed by atoms with Crippen LogP contribution in [0.4, 0.5) is 4.79 Å². The molecule has 5 heteroatoms. The van der Waals surface area contributed by atoms with Crippen LogP contribution in [-0.4, -0.2) is 55.5 Å². The van der Waals surface area contributed by atoms with Gasteiger partial charge in [-0.25, -0.2) is 4.79 Å². The third kappa shape index (κ3) is 5.83. The molecule has 0 spiro atoms. The van der Waals surface area contributed by atoms with Crippen molar-refractivity contribution in [2.45, 2.75) is 65.2 Å². The fraction of sp³-hybridized carbons (Fsp3) is 0.938. The van der Waals surface area contributed by atoms with Gasteiger partial charge in [0.1, 0.15) is 5.60 Å². The molecule has 0 aromatic carbocycles. The summed E-state index contributed by atoms with van der Waals surface area (Å²) in [6.45, 7) is 12.3. The maximum Gasteiger partial charge on any atom is 0.410 e. The van der Waals surface area contributed by atoms with E-state index >= 15 is 0 Å². The lowest BCUT2D eigenvalue weighted by Gasteiger charge is -2.24. The zero-order chi connectivity index (χ0) is 16.0. The van der Waals surface area contributed by atoms with Gasteiger partial charge < -0.3 is 19.7 Å². The molecule has 0 aromatic rings. The van der Waals surface area contributed by atoms with Gasteiger partial charge in [-0.15, -0.1) is 0 Å². The van der Waals surface area contributed by atoms with Crippen LogP contribution in [0.3, 0.4) is 0 Å². The Hall–Kier alpha value is -0.810. The lowest BCUT2D eigenvalue weighted by atomic mass is 10.0. The molecule has 1 amide bonds. The molecule has 0 aromatic heterocycles. The van der Waals surface area contributed by atoms with Gasteiger partial charge in [0.25, 0.3) is 0 Å². The van der Waals surface area contributed by atoms with Gasteiger partial charge in [0.15, 0.2) is 0 Å². The summed E-state index contributed by atoms with van der Waals surface area (Å²) < 4.78 is 11.0. The van der Waals surface area contributed by atoms with Crippen LogP contribution >= 0.6 is 0 Å². The summed E-state index contributed by atoms with van der Waals surface area (Å²) in [5.74, 6) is 0.679. The Kier molecular flexibility index (Phi) is 6.94. The molecule has 5 nitrogen and oxygen atoms in total. The largest absolute Gasteiger partial charge is 0.444 e. The Morgan fingerprint density at radius 2 is 1.90 bits per heavy atom. The second kappa shape index (κ2) is 7.99. The molecule has 1 unspecified atom stereocenters. The van der Waals surface area contributed by atoms with E-state index in [9.17, 15) is 4.79 Å². The van der Waals surface area contributed by atoms with Crippen LogP contribution < -0.4 is 5.32 Å². The molecule has 1 fully saturated rings. The number of ether oxygens (including phenoxy) is 2. The molecule has 1 aliphatic heterocycles. The molecule has 0 bridgehead atoms. The van der Waals surface area contributed by atoms with Crippen LogP contribution in [0, 0.1) is 5.92 Å². The number of nitrogens with one attached hydrogen (secondary N) is 1. The van der Waals surface area contributed by atoms with Crippen molar-refractivity contribution in [1.29, 1.82) is 0 Å². The monoisotopic (exact) mass is 300 g/mol. The molecular weight excluding hydrogens is 268 g/mol. The van der Waals surface area contributed by atoms with Crippen LogP contribution in [-0.2, 0) is 9.47 Å². The highest BCUT2D eigenvalue weighted by atomic mass is 16.6. The fourth-order valence-electron chi connectivity index (χ4n) is 2.58. The average molecular weight is 300 g/mol. The van der Waals surface area contributed by atoms with Crippen LogP contribution in [0.1, 0.15) is 47.5 Å². The van der Waals surface area contributed by atoms with E-state index in [1.54, 1.807) is 12.0 Å². The summed E-state index contributed by atoms with van der Waals surface area (Å²) in [6, 6.07) is 0.183. The predicted octanol–water partition coefficient (Wildman–Crippen LogP) is 2.65. The van der Waals surface area contributed by atoms with Crippen molar-refractivity contribution in [2.24, 2.45) is 5.92 Å². The molecule has 0 saturated carbocycles. The molecule has 21 heavy (non-hydrogen) atoms. The van der Waals surface area contributed by atoms with Crippen molar-refractivity contribution in [1.82, 2.24) is 10.2 Å². The van der Waals surface area contributed by atoms with Gasteiger partial charge in [-0.2, -0.15) is 0 Å². The molecular formula is C16H32N2O3. The van der Waals surface area contributed by atoms with Gasteiger partial charge >= 0.3 is 6.09 Å². The van der Waals surface area contributed by atoms with Gasteiger partial charge in [0.05, 0.1) is 18.7 Å². The van der Waals surface area contributed by atoms with E-state index in [1.807, 2.05) is 20.8 Å².